The highest BCUT2D eigenvalue weighted by Gasteiger charge is 2.33. The summed E-state index contributed by atoms with van der Waals surface area (Å²) in [5, 5.41) is 9.55. The Bertz CT molecular complexity index is 1130. The van der Waals surface area contributed by atoms with Gasteiger partial charge in [-0.2, -0.15) is 0 Å². The summed E-state index contributed by atoms with van der Waals surface area (Å²) in [4.78, 5) is 4.78. The molecular weight excluding hydrogens is 350 g/mol. The summed E-state index contributed by atoms with van der Waals surface area (Å²) in [5.74, 6) is 1.61. The van der Waals surface area contributed by atoms with E-state index >= 15 is 0 Å². The van der Waals surface area contributed by atoms with E-state index in [1.165, 1.54) is 12.8 Å². The van der Waals surface area contributed by atoms with Crippen LogP contribution in [0.4, 0.5) is 0 Å². The molecule has 0 radical (unpaired) electrons. The molecule has 1 saturated carbocycles. The molecule has 0 bridgehead atoms. The molecule has 1 aliphatic carbocycles. The van der Waals surface area contributed by atoms with Gasteiger partial charge < -0.3 is 10.5 Å². The molecule has 28 heavy (non-hydrogen) atoms. The van der Waals surface area contributed by atoms with Crippen molar-refractivity contribution in [2.45, 2.75) is 25.7 Å². The second-order valence-corrected chi connectivity index (χ2v) is 7.70. The molecule has 0 unspecified atom stereocenters. The molecule has 3 heterocycles. The molecule has 0 aliphatic heterocycles. The van der Waals surface area contributed by atoms with Gasteiger partial charge in [-0.25, -0.2) is 4.98 Å². The second-order valence-electron chi connectivity index (χ2n) is 7.70. The predicted molar refractivity (Wildman–Crippen MR) is 109 cm³/mol. The van der Waals surface area contributed by atoms with Gasteiger partial charge in [0.25, 0.3) is 0 Å². The first-order chi connectivity index (χ1) is 13.8. The number of hydrogen-bond donors (Lipinski definition) is 1. The van der Waals surface area contributed by atoms with Crippen LogP contribution in [0.2, 0.25) is 0 Å². The lowest BCUT2D eigenvalue weighted by Gasteiger charge is -2.27. The van der Waals surface area contributed by atoms with Crippen LogP contribution in [0.15, 0.2) is 54.7 Å². The fourth-order valence-corrected chi connectivity index (χ4v) is 4.10. The lowest BCUT2D eigenvalue weighted by molar-refractivity contribution is 0.157. The Kier molecular flexibility index (Phi) is 4.20. The lowest BCUT2D eigenvalue weighted by Crippen LogP contribution is -2.33. The third-order valence-electron chi connectivity index (χ3n) is 5.85. The molecule has 3 aromatic heterocycles. The van der Waals surface area contributed by atoms with Crippen LogP contribution in [0.25, 0.3) is 28.1 Å². The van der Waals surface area contributed by atoms with Crippen molar-refractivity contribution in [2.24, 2.45) is 11.1 Å². The minimum absolute atomic E-state index is 0.145. The van der Waals surface area contributed by atoms with E-state index < -0.39 is 0 Å². The number of nitrogens with zero attached hydrogens (tertiary/aromatic N) is 4. The van der Waals surface area contributed by atoms with Gasteiger partial charge in [-0.1, -0.05) is 25.0 Å². The molecule has 1 aromatic carbocycles. The monoisotopic (exact) mass is 373 g/mol. The van der Waals surface area contributed by atoms with Crippen molar-refractivity contribution in [2.75, 3.05) is 13.2 Å². The highest BCUT2D eigenvalue weighted by Crippen LogP contribution is 2.37. The smallest absolute Gasteiger partial charge is 0.187 e. The summed E-state index contributed by atoms with van der Waals surface area (Å²) in [6.07, 6.45) is 6.77. The van der Waals surface area contributed by atoms with Crippen molar-refractivity contribution in [1.29, 1.82) is 0 Å². The van der Waals surface area contributed by atoms with Gasteiger partial charge in [0.15, 0.2) is 11.5 Å². The van der Waals surface area contributed by atoms with Crippen molar-refractivity contribution >= 4 is 16.6 Å². The topological polar surface area (TPSA) is 78.3 Å². The summed E-state index contributed by atoms with van der Waals surface area (Å²) in [6, 6.07) is 15.9. The van der Waals surface area contributed by atoms with Gasteiger partial charge in [-0.15, -0.1) is 10.2 Å². The zero-order valence-corrected chi connectivity index (χ0v) is 15.7. The van der Waals surface area contributed by atoms with Crippen LogP contribution >= 0.6 is 0 Å². The first-order valence-corrected chi connectivity index (χ1v) is 9.80. The SMILES string of the molecule is NCC1(COc2ccc3nc(-c4nnc5ccccn45)ccc3c2)CCCC1. The molecule has 0 saturated heterocycles. The first kappa shape index (κ1) is 17.1. The first-order valence-electron chi connectivity index (χ1n) is 9.80. The Morgan fingerprint density at radius 1 is 1.04 bits per heavy atom. The van der Waals surface area contributed by atoms with Gasteiger partial charge in [0.05, 0.1) is 12.1 Å². The third kappa shape index (κ3) is 2.99. The van der Waals surface area contributed by atoms with Crippen molar-refractivity contribution < 1.29 is 4.74 Å². The standard InChI is InChI=1S/C22H23N5O/c23-14-22(10-2-3-11-22)15-28-17-7-9-18-16(13-17)6-8-19(24-18)21-26-25-20-5-1-4-12-27(20)21/h1,4-9,12-13H,2-3,10-11,14-15,23H2. The Morgan fingerprint density at radius 3 is 2.79 bits per heavy atom. The molecule has 5 rings (SSSR count). The lowest BCUT2D eigenvalue weighted by atomic mass is 9.87. The number of rotatable bonds is 5. The van der Waals surface area contributed by atoms with E-state index in [4.69, 9.17) is 15.5 Å². The van der Waals surface area contributed by atoms with Gasteiger partial charge in [0, 0.05) is 23.5 Å². The van der Waals surface area contributed by atoms with Crippen molar-refractivity contribution in [3.63, 3.8) is 0 Å². The number of ether oxygens (including phenoxy) is 1. The van der Waals surface area contributed by atoms with E-state index in [-0.39, 0.29) is 5.41 Å². The van der Waals surface area contributed by atoms with Crippen LogP contribution in [0.1, 0.15) is 25.7 Å². The normalized spacial score (nSPS) is 16.0. The average Bonchev–Trinajstić information content (AvgIpc) is 3.39. The zero-order chi connectivity index (χ0) is 19.0. The molecule has 0 atom stereocenters. The van der Waals surface area contributed by atoms with E-state index in [1.807, 2.05) is 53.1 Å². The molecule has 4 aromatic rings. The van der Waals surface area contributed by atoms with Crippen molar-refractivity contribution in [1.82, 2.24) is 19.6 Å². The zero-order valence-electron chi connectivity index (χ0n) is 15.7. The highest BCUT2D eigenvalue weighted by molar-refractivity contribution is 5.82. The van der Waals surface area contributed by atoms with E-state index in [0.29, 0.717) is 13.2 Å². The fraction of sp³-hybridized carbons (Fsp3) is 0.318. The van der Waals surface area contributed by atoms with Crippen LogP contribution in [-0.4, -0.2) is 32.7 Å². The van der Waals surface area contributed by atoms with Crippen molar-refractivity contribution in [3.8, 4) is 17.3 Å². The van der Waals surface area contributed by atoms with Gasteiger partial charge in [-0.05, 0) is 49.2 Å². The molecule has 2 N–H and O–H groups in total. The maximum Gasteiger partial charge on any atom is 0.187 e. The Labute approximate surface area is 163 Å². The second kappa shape index (κ2) is 6.87. The van der Waals surface area contributed by atoms with E-state index in [9.17, 15) is 0 Å². The van der Waals surface area contributed by atoms with Crippen LogP contribution in [0.3, 0.4) is 0 Å². The van der Waals surface area contributed by atoms with Crippen LogP contribution in [-0.2, 0) is 0 Å². The van der Waals surface area contributed by atoms with Crippen LogP contribution in [0, 0.1) is 5.41 Å². The molecule has 0 amide bonds. The Balaban J connectivity index is 1.42. The number of aromatic nitrogens is 4. The molecule has 0 spiro atoms. The molecule has 1 fully saturated rings. The summed E-state index contributed by atoms with van der Waals surface area (Å²) in [7, 11) is 0. The predicted octanol–water partition coefficient (Wildman–Crippen LogP) is 3.84. The fourth-order valence-electron chi connectivity index (χ4n) is 4.10. The summed E-state index contributed by atoms with van der Waals surface area (Å²) < 4.78 is 8.06. The summed E-state index contributed by atoms with van der Waals surface area (Å²) >= 11 is 0. The molecule has 1 aliphatic rings. The average molecular weight is 373 g/mol. The number of benzene rings is 1. The van der Waals surface area contributed by atoms with Crippen molar-refractivity contribution in [3.05, 3.63) is 54.7 Å². The van der Waals surface area contributed by atoms with E-state index in [0.717, 1.165) is 46.7 Å². The van der Waals surface area contributed by atoms with Gasteiger partial charge in [0.1, 0.15) is 11.4 Å². The van der Waals surface area contributed by atoms with E-state index in [1.54, 1.807) is 0 Å². The Morgan fingerprint density at radius 2 is 1.93 bits per heavy atom. The molecule has 142 valence electrons. The quantitative estimate of drug-likeness (QED) is 0.575. The van der Waals surface area contributed by atoms with Gasteiger partial charge in [-0.3, -0.25) is 4.40 Å². The number of pyridine rings is 2. The highest BCUT2D eigenvalue weighted by atomic mass is 16.5. The third-order valence-corrected chi connectivity index (χ3v) is 5.85. The molecule has 6 nitrogen and oxygen atoms in total. The van der Waals surface area contributed by atoms with Crippen LogP contribution in [0.5, 0.6) is 5.75 Å². The number of fused-ring (bicyclic) bond motifs is 2. The minimum Gasteiger partial charge on any atom is -0.493 e. The number of hydrogen-bond acceptors (Lipinski definition) is 5. The maximum absolute atomic E-state index is 6.12. The van der Waals surface area contributed by atoms with Gasteiger partial charge >= 0.3 is 0 Å². The molecular formula is C22H23N5O. The summed E-state index contributed by atoms with van der Waals surface area (Å²) in [6.45, 7) is 1.38. The number of nitrogens with two attached hydrogens (primary N) is 1. The largest absolute Gasteiger partial charge is 0.493 e. The maximum atomic E-state index is 6.12. The van der Waals surface area contributed by atoms with Gasteiger partial charge in [0.2, 0.25) is 0 Å². The van der Waals surface area contributed by atoms with Crippen LogP contribution < -0.4 is 10.5 Å². The van der Waals surface area contributed by atoms with E-state index in [2.05, 4.69) is 16.3 Å². The minimum atomic E-state index is 0.145. The Hall–Kier alpha value is -2.99. The molecule has 6 heteroatoms. The summed E-state index contributed by atoms with van der Waals surface area (Å²) in [5.41, 5.74) is 8.68.